The third-order valence-corrected chi connectivity index (χ3v) is 3.93. The maximum Gasteiger partial charge on any atom is 0.360 e. The monoisotopic (exact) mass is 305 g/mol. The van der Waals surface area contributed by atoms with Gasteiger partial charge in [0.05, 0.1) is 25.0 Å². The predicted octanol–water partition coefficient (Wildman–Crippen LogP) is 1.77. The van der Waals surface area contributed by atoms with E-state index < -0.39 is 5.97 Å². The Morgan fingerprint density at radius 2 is 2.33 bits per heavy atom. The molecule has 0 aromatic carbocycles. The van der Waals surface area contributed by atoms with Crippen LogP contribution in [0, 0.1) is 0 Å². The summed E-state index contributed by atoms with van der Waals surface area (Å²) in [6.07, 6.45) is 5.54. The molecule has 0 atom stereocenters. The maximum atomic E-state index is 11.7. The summed E-state index contributed by atoms with van der Waals surface area (Å²) >= 11 is 1.58. The van der Waals surface area contributed by atoms with Gasteiger partial charge in [0.2, 0.25) is 0 Å². The molecule has 0 radical (unpaired) electrons. The third-order valence-electron chi connectivity index (χ3n) is 3.16. The van der Waals surface area contributed by atoms with Crippen LogP contribution in [-0.2, 0) is 17.7 Å². The normalized spacial score (nSPS) is 11.1. The molecule has 0 spiro atoms. The molecular weight excluding hydrogens is 290 g/mol. The summed E-state index contributed by atoms with van der Waals surface area (Å²) in [6, 6.07) is 0. The highest BCUT2D eigenvalue weighted by Gasteiger charge is 2.20. The van der Waals surface area contributed by atoms with Gasteiger partial charge in [0.25, 0.3) is 0 Å². The molecule has 0 unspecified atom stereocenters. The number of aromatic nitrogens is 5. The molecule has 3 aromatic rings. The van der Waals surface area contributed by atoms with Crippen molar-refractivity contribution in [1.29, 1.82) is 0 Å². The van der Waals surface area contributed by atoms with Crippen molar-refractivity contribution in [2.75, 3.05) is 7.11 Å². The van der Waals surface area contributed by atoms with E-state index in [4.69, 9.17) is 4.74 Å². The molecule has 3 aromatic heterocycles. The molecule has 8 heteroatoms. The number of rotatable bonds is 5. The Hall–Kier alpha value is -2.22. The molecule has 21 heavy (non-hydrogen) atoms. The molecule has 0 saturated heterocycles. The van der Waals surface area contributed by atoms with E-state index in [-0.39, 0.29) is 0 Å². The number of hydrogen-bond donors (Lipinski definition) is 0. The van der Waals surface area contributed by atoms with E-state index >= 15 is 0 Å². The van der Waals surface area contributed by atoms with Crippen molar-refractivity contribution >= 4 is 22.3 Å². The molecule has 0 bridgehead atoms. The van der Waals surface area contributed by atoms with Gasteiger partial charge in [0.15, 0.2) is 10.7 Å². The molecule has 3 rings (SSSR count). The number of imidazole rings is 1. The number of carbonyl (C=O) groups is 1. The van der Waals surface area contributed by atoms with Crippen LogP contribution in [0.2, 0.25) is 0 Å². The van der Waals surface area contributed by atoms with E-state index in [9.17, 15) is 4.79 Å². The first-order valence-electron chi connectivity index (χ1n) is 6.64. The number of ether oxygens (including phenoxy) is 1. The highest BCUT2D eigenvalue weighted by molar-refractivity contribution is 7.15. The maximum absolute atomic E-state index is 11.7. The lowest BCUT2D eigenvalue weighted by atomic mass is 10.2. The minimum absolute atomic E-state index is 0.292. The van der Waals surface area contributed by atoms with Crippen LogP contribution >= 0.6 is 11.3 Å². The molecule has 0 saturated carbocycles. The number of esters is 1. The van der Waals surface area contributed by atoms with Crippen LogP contribution in [0.5, 0.6) is 0 Å². The van der Waals surface area contributed by atoms with Gasteiger partial charge >= 0.3 is 5.97 Å². The molecule has 0 aliphatic carbocycles. The summed E-state index contributed by atoms with van der Waals surface area (Å²) in [5, 5.41) is 10.0. The number of hydrogen-bond acceptors (Lipinski definition) is 6. The van der Waals surface area contributed by atoms with Gasteiger partial charge in [-0.1, -0.05) is 18.6 Å². The molecule has 0 aliphatic heterocycles. The number of methoxy groups -OCH3 is 1. The van der Waals surface area contributed by atoms with Gasteiger partial charge in [-0.2, -0.15) is 0 Å². The third kappa shape index (κ3) is 2.54. The van der Waals surface area contributed by atoms with Gasteiger partial charge < -0.3 is 4.74 Å². The highest BCUT2D eigenvalue weighted by Crippen LogP contribution is 2.15. The standard InChI is InChI=1S/C13H15N5O2S/c1-3-4-10-11(12(19)20-2)15-16-18(10)8-9-7-17-5-6-21-13(17)14-9/h5-7H,3-4,8H2,1-2H3. The molecule has 3 heterocycles. The van der Waals surface area contributed by atoms with Gasteiger partial charge in [-0.25, -0.2) is 14.5 Å². The predicted molar refractivity (Wildman–Crippen MR) is 77.5 cm³/mol. The average Bonchev–Trinajstić information content (AvgIpc) is 3.14. The fourth-order valence-electron chi connectivity index (χ4n) is 2.20. The largest absolute Gasteiger partial charge is 0.464 e. The summed E-state index contributed by atoms with van der Waals surface area (Å²) in [7, 11) is 1.35. The van der Waals surface area contributed by atoms with Crippen molar-refractivity contribution in [2.45, 2.75) is 26.3 Å². The highest BCUT2D eigenvalue weighted by atomic mass is 32.1. The van der Waals surface area contributed by atoms with Crippen molar-refractivity contribution in [3.63, 3.8) is 0 Å². The van der Waals surface area contributed by atoms with Gasteiger partial charge in [0.1, 0.15) is 0 Å². The molecule has 0 N–H and O–H groups in total. The van der Waals surface area contributed by atoms with Crippen molar-refractivity contribution < 1.29 is 9.53 Å². The van der Waals surface area contributed by atoms with Crippen molar-refractivity contribution in [3.8, 4) is 0 Å². The minimum atomic E-state index is -0.449. The van der Waals surface area contributed by atoms with Crippen LogP contribution in [0.1, 0.15) is 35.2 Å². The Balaban J connectivity index is 1.92. The van der Waals surface area contributed by atoms with Crippen LogP contribution in [0.4, 0.5) is 0 Å². The summed E-state index contributed by atoms with van der Waals surface area (Å²) in [5.74, 6) is -0.449. The summed E-state index contributed by atoms with van der Waals surface area (Å²) in [4.78, 5) is 17.2. The van der Waals surface area contributed by atoms with Crippen molar-refractivity contribution in [1.82, 2.24) is 24.4 Å². The van der Waals surface area contributed by atoms with Crippen molar-refractivity contribution in [2.24, 2.45) is 0 Å². The van der Waals surface area contributed by atoms with E-state index in [1.807, 2.05) is 29.1 Å². The topological polar surface area (TPSA) is 74.3 Å². The van der Waals surface area contributed by atoms with Crippen LogP contribution < -0.4 is 0 Å². The SMILES string of the molecule is CCCc1c(C(=O)OC)nnn1Cc1cn2ccsc2n1. The Morgan fingerprint density at radius 3 is 3.05 bits per heavy atom. The summed E-state index contributed by atoms with van der Waals surface area (Å²) in [6.45, 7) is 2.54. The fourth-order valence-corrected chi connectivity index (χ4v) is 2.92. The minimum Gasteiger partial charge on any atom is -0.464 e. The van der Waals surface area contributed by atoms with E-state index in [0.717, 1.165) is 29.2 Å². The first-order chi connectivity index (χ1) is 10.2. The van der Waals surface area contributed by atoms with Crippen LogP contribution in [0.25, 0.3) is 4.96 Å². The lowest BCUT2D eigenvalue weighted by Gasteiger charge is -2.04. The number of thiazole rings is 1. The number of fused-ring (bicyclic) bond motifs is 1. The molecule has 0 fully saturated rings. The van der Waals surface area contributed by atoms with Crippen molar-refractivity contribution in [3.05, 3.63) is 34.9 Å². The van der Waals surface area contributed by atoms with Gasteiger partial charge in [0, 0.05) is 17.8 Å². The lowest BCUT2D eigenvalue weighted by molar-refractivity contribution is 0.0592. The van der Waals surface area contributed by atoms with Gasteiger partial charge in [-0.15, -0.1) is 16.4 Å². The van der Waals surface area contributed by atoms with E-state index in [1.54, 1.807) is 16.0 Å². The number of nitrogens with zero attached hydrogens (tertiary/aromatic N) is 5. The fraction of sp³-hybridized carbons (Fsp3) is 0.385. The first-order valence-corrected chi connectivity index (χ1v) is 7.52. The van der Waals surface area contributed by atoms with E-state index in [2.05, 4.69) is 15.3 Å². The molecule has 7 nitrogen and oxygen atoms in total. The molecule has 110 valence electrons. The Labute approximate surface area is 125 Å². The Kier molecular flexibility index (Phi) is 3.70. The smallest absolute Gasteiger partial charge is 0.360 e. The van der Waals surface area contributed by atoms with Gasteiger partial charge in [-0.3, -0.25) is 4.40 Å². The van der Waals surface area contributed by atoms with Crippen LogP contribution in [-0.4, -0.2) is 37.5 Å². The Morgan fingerprint density at radius 1 is 1.48 bits per heavy atom. The second-order valence-corrected chi connectivity index (χ2v) is 5.48. The Bertz CT molecular complexity index is 744. The molecular formula is C13H15N5O2S. The zero-order valence-electron chi connectivity index (χ0n) is 11.8. The lowest BCUT2D eigenvalue weighted by Crippen LogP contribution is -2.10. The van der Waals surface area contributed by atoms with Gasteiger partial charge in [-0.05, 0) is 6.42 Å². The summed E-state index contributed by atoms with van der Waals surface area (Å²) in [5.41, 5.74) is 1.97. The second kappa shape index (κ2) is 5.65. The quantitative estimate of drug-likeness (QED) is 0.672. The second-order valence-electron chi connectivity index (χ2n) is 4.61. The van der Waals surface area contributed by atoms with E-state index in [1.165, 1.54) is 7.11 Å². The van der Waals surface area contributed by atoms with Crippen LogP contribution in [0.3, 0.4) is 0 Å². The van der Waals surface area contributed by atoms with Crippen LogP contribution in [0.15, 0.2) is 17.8 Å². The first kappa shape index (κ1) is 13.7. The average molecular weight is 305 g/mol. The van der Waals surface area contributed by atoms with E-state index in [0.29, 0.717) is 12.2 Å². The molecule has 0 amide bonds. The zero-order chi connectivity index (χ0) is 14.8. The molecule has 0 aliphatic rings. The summed E-state index contributed by atoms with van der Waals surface area (Å²) < 4.78 is 8.44. The zero-order valence-corrected chi connectivity index (χ0v) is 12.6. The number of carbonyl (C=O) groups excluding carboxylic acids is 1.